The second-order valence-corrected chi connectivity index (χ2v) is 18.7. The van der Waals surface area contributed by atoms with E-state index in [1.54, 1.807) is 34.3 Å². The second-order valence-electron chi connectivity index (χ2n) is 16.9. The number of pyridine rings is 1. The third kappa shape index (κ3) is 12.5. The Morgan fingerprint density at radius 2 is 1.60 bits per heavy atom. The van der Waals surface area contributed by atoms with Crippen LogP contribution < -0.4 is 16.1 Å². The van der Waals surface area contributed by atoms with Crippen molar-refractivity contribution in [3.05, 3.63) is 87.6 Å². The van der Waals surface area contributed by atoms with E-state index >= 15 is 0 Å². The Morgan fingerprint density at radius 3 is 2.25 bits per heavy atom. The number of hydrogen-bond donors (Lipinski definition) is 4. The topological polar surface area (TPSA) is 191 Å². The first-order valence-corrected chi connectivity index (χ1v) is 21.5. The van der Waals surface area contributed by atoms with Crippen LogP contribution in [0, 0.1) is 10.8 Å². The average molecular weight is 864 g/mol. The minimum Gasteiger partial charge on any atom is -0.453 e. The average Bonchev–Trinajstić information content (AvgIpc) is 3.94. The molecular weight excluding hydrogens is 807 g/mol. The molecule has 5 rings (SSSR count). The zero-order valence-corrected chi connectivity index (χ0v) is 37.1. The molecule has 3 aromatic heterocycles. The Morgan fingerprint density at radius 1 is 0.900 bits per heavy atom. The summed E-state index contributed by atoms with van der Waals surface area (Å²) in [6.07, 6.45) is 1.60. The molecule has 0 radical (unpaired) electrons. The van der Waals surface area contributed by atoms with Gasteiger partial charge in [-0.05, 0) is 34.9 Å². The van der Waals surface area contributed by atoms with Gasteiger partial charge in [-0.1, -0.05) is 71.9 Å². The zero-order chi connectivity index (χ0) is 43.6. The van der Waals surface area contributed by atoms with Crippen molar-refractivity contribution < 1.29 is 33.8 Å². The number of benzene rings is 1. The number of hydrogen-bond acceptors (Lipinski definition) is 13. The molecule has 0 saturated carbocycles. The van der Waals surface area contributed by atoms with Crippen LogP contribution in [0.1, 0.15) is 63.5 Å². The van der Waals surface area contributed by atoms with Crippen LogP contribution in [0.25, 0.3) is 10.6 Å². The van der Waals surface area contributed by atoms with Crippen LogP contribution in [0.5, 0.6) is 0 Å². The lowest BCUT2D eigenvalue weighted by Crippen LogP contribution is -2.61. The van der Waals surface area contributed by atoms with Gasteiger partial charge in [-0.25, -0.2) is 24.6 Å². The second kappa shape index (κ2) is 20.5. The van der Waals surface area contributed by atoms with Gasteiger partial charge in [-0.2, -0.15) is 0 Å². The maximum Gasteiger partial charge on any atom is 0.407 e. The van der Waals surface area contributed by atoms with E-state index in [1.165, 1.54) is 29.8 Å². The van der Waals surface area contributed by atoms with Gasteiger partial charge >= 0.3 is 12.1 Å². The molecule has 324 valence electrons. The summed E-state index contributed by atoms with van der Waals surface area (Å²) in [5.41, 5.74) is 4.63. The van der Waals surface area contributed by atoms with Gasteiger partial charge in [0.15, 0.2) is 0 Å². The number of hydrazine groups is 1. The predicted molar refractivity (Wildman–Crippen MR) is 229 cm³/mol. The van der Waals surface area contributed by atoms with Crippen LogP contribution >= 0.6 is 22.7 Å². The molecule has 18 heteroatoms. The normalized spacial score (nSPS) is 15.4. The Bertz CT molecular complexity index is 2040. The quantitative estimate of drug-likeness (QED) is 0.100. The zero-order valence-electron chi connectivity index (χ0n) is 35.5. The minimum atomic E-state index is -1.24. The van der Waals surface area contributed by atoms with E-state index in [1.807, 2.05) is 94.8 Å². The van der Waals surface area contributed by atoms with Gasteiger partial charge in [0.05, 0.1) is 50.3 Å². The van der Waals surface area contributed by atoms with Crippen molar-refractivity contribution in [3.63, 3.8) is 0 Å². The van der Waals surface area contributed by atoms with E-state index in [0.717, 1.165) is 26.8 Å². The van der Waals surface area contributed by atoms with Gasteiger partial charge in [0.1, 0.15) is 22.1 Å². The molecule has 60 heavy (non-hydrogen) atoms. The molecule has 1 aliphatic rings. The third-order valence-corrected chi connectivity index (χ3v) is 11.7. The highest BCUT2D eigenvalue weighted by Crippen LogP contribution is 2.30. The molecule has 4 unspecified atom stereocenters. The highest BCUT2D eigenvalue weighted by atomic mass is 32.1. The molecule has 1 aromatic carbocycles. The number of ether oxygens (including phenoxy) is 2. The fraction of sp³-hybridized carbons (Fsp3) is 0.500. The van der Waals surface area contributed by atoms with E-state index < -0.39 is 53.0 Å². The molecular formula is C42H57N9O7S2. The smallest absolute Gasteiger partial charge is 0.407 e. The van der Waals surface area contributed by atoms with Gasteiger partial charge < -0.3 is 35.0 Å². The maximum absolute atomic E-state index is 14.6. The van der Waals surface area contributed by atoms with Crippen molar-refractivity contribution in [2.45, 2.75) is 91.9 Å². The van der Waals surface area contributed by atoms with E-state index in [-0.39, 0.29) is 25.5 Å². The van der Waals surface area contributed by atoms with Crippen LogP contribution in [0.15, 0.2) is 65.6 Å². The number of nitrogens with one attached hydrogen (secondary N) is 3. The number of nitrogens with zero attached hydrogens (tertiary/aromatic N) is 6. The summed E-state index contributed by atoms with van der Waals surface area (Å²) < 4.78 is 10.0. The Hall–Kier alpha value is -5.01. The number of rotatable bonds is 18. The highest BCUT2D eigenvalue weighted by Gasteiger charge is 2.44. The number of carbonyl (C=O) groups is 4. The monoisotopic (exact) mass is 863 g/mol. The number of aliphatic hydroxyl groups excluding tert-OH is 1. The minimum absolute atomic E-state index is 0.0835. The Balaban J connectivity index is 1.40. The number of thiazole rings is 2. The molecule has 5 amide bonds. The number of aromatic nitrogens is 3. The summed E-state index contributed by atoms with van der Waals surface area (Å²) in [7, 11) is 2.83. The van der Waals surface area contributed by atoms with Crippen LogP contribution in [-0.2, 0) is 45.2 Å². The number of methoxy groups -OCH3 is 2. The molecule has 4 heterocycles. The van der Waals surface area contributed by atoms with E-state index in [0.29, 0.717) is 31.9 Å². The first kappa shape index (κ1) is 46.1. The van der Waals surface area contributed by atoms with Gasteiger partial charge in [-0.3, -0.25) is 20.0 Å². The number of carbonyl (C=O) groups excluding carboxylic acids is 4. The Labute approximate surface area is 359 Å². The van der Waals surface area contributed by atoms with Crippen LogP contribution in [0.2, 0.25) is 0 Å². The standard InChI is InChI=1S/C42H57N9O7S2/c1-41(2,3)34(47-39(55)58-8)36(53)48-50(22-30-26-60-38(45-30)28-14-16-43-17-15-28)23-32(52)31(20-27-12-10-9-11-13-27)46-37(54)35(42(4,5)6)51-19-18-49(40(51)56)21-29-25-59-33(44-29)24-57-7/h9-17,25-26,31-32,34-35,52H,18-24H2,1-8H3,(H,46,54)(H,47,55)(H,48,53). The molecule has 16 nitrogen and oxygen atoms in total. The summed E-state index contributed by atoms with van der Waals surface area (Å²) in [6, 6.07) is 10.2. The van der Waals surface area contributed by atoms with Gasteiger partial charge in [0.25, 0.3) is 5.91 Å². The molecule has 4 atom stereocenters. The number of aliphatic hydroxyl groups is 1. The van der Waals surface area contributed by atoms with Crippen molar-refractivity contribution in [2.24, 2.45) is 10.8 Å². The van der Waals surface area contributed by atoms with Crippen LogP contribution in [-0.4, -0.2) is 117 Å². The molecule has 1 saturated heterocycles. The third-order valence-electron chi connectivity index (χ3n) is 9.90. The summed E-state index contributed by atoms with van der Waals surface area (Å²) in [5, 5.41) is 24.8. The predicted octanol–water partition coefficient (Wildman–Crippen LogP) is 4.85. The molecule has 0 bridgehead atoms. The van der Waals surface area contributed by atoms with Gasteiger partial charge in [-0.15, -0.1) is 22.7 Å². The fourth-order valence-electron chi connectivity index (χ4n) is 6.99. The Kier molecular flexibility index (Phi) is 15.7. The first-order valence-electron chi connectivity index (χ1n) is 19.7. The van der Waals surface area contributed by atoms with Crippen molar-refractivity contribution >= 4 is 46.6 Å². The SMILES string of the molecule is COCc1nc(CN2CCN(C(C(=O)NC(Cc3ccccc3)C(O)CN(Cc3csc(-c4ccncc4)n3)NC(=O)C(NC(=O)OC)C(C)(C)C)C(C)(C)C)C2=O)cs1. The fourth-order valence-corrected chi connectivity index (χ4v) is 8.56. The molecule has 4 aromatic rings. The van der Waals surface area contributed by atoms with Crippen molar-refractivity contribution in [2.75, 3.05) is 33.9 Å². The molecule has 1 fully saturated rings. The van der Waals surface area contributed by atoms with E-state index in [4.69, 9.17) is 14.5 Å². The highest BCUT2D eigenvalue weighted by molar-refractivity contribution is 7.13. The summed E-state index contributed by atoms with van der Waals surface area (Å²) in [5.74, 6) is -0.952. The molecule has 0 aliphatic carbocycles. The lowest BCUT2D eigenvalue weighted by molar-refractivity contribution is -0.133. The number of urea groups is 1. The number of amides is 5. The van der Waals surface area contributed by atoms with Gasteiger partial charge in [0, 0.05) is 55.5 Å². The van der Waals surface area contributed by atoms with Crippen molar-refractivity contribution in [1.82, 2.24) is 45.8 Å². The van der Waals surface area contributed by atoms with Crippen LogP contribution in [0.3, 0.4) is 0 Å². The molecule has 0 spiro atoms. The molecule has 4 N–H and O–H groups in total. The van der Waals surface area contributed by atoms with E-state index in [2.05, 4.69) is 26.0 Å². The van der Waals surface area contributed by atoms with Crippen LogP contribution in [0.4, 0.5) is 9.59 Å². The first-order chi connectivity index (χ1) is 28.5. The largest absolute Gasteiger partial charge is 0.453 e. The lowest BCUT2D eigenvalue weighted by Gasteiger charge is -2.38. The lowest BCUT2D eigenvalue weighted by atomic mass is 9.84. The van der Waals surface area contributed by atoms with E-state index in [9.17, 15) is 24.3 Å². The summed E-state index contributed by atoms with van der Waals surface area (Å²) in [4.78, 5) is 71.6. The summed E-state index contributed by atoms with van der Waals surface area (Å²) in [6.45, 7) is 12.5. The summed E-state index contributed by atoms with van der Waals surface area (Å²) >= 11 is 2.90. The van der Waals surface area contributed by atoms with Crippen molar-refractivity contribution in [3.8, 4) is 10.6 Å². The number of alkyl carbamates (subject to hydrolysis) is 1. The maximum atomic E-state index is 14.6. The van der Waals surface area contributed by atoms with Gasteiger partial charge in [0.2, 0.25) is 5.91 Å². The molecule has 1 aliphatic heterocycles. The van der Waals surface area contributed by atoms with Crippen molar-refractivity contribution in [1.29, 1.82) is 0 Å².